The predicted molar refractivity (Wildman–Crippen MR) is 83.4 cm³/mol. The van der Waals surface area contributed by atoms with Crippen molar-refractivity contribution in [2.75, 3.05) is 6.54 Å². The van der Waals surface area contributed by atoms with Crippen molar-refractivity contribution in [3.63, 3.8) is 0 Å². The van der Waals surface area contributed by atoms with E-state index < -0.39 is 0 Å². The van der Waals surface area contributed by atoms with Crippen molar-refractivity contribution in [2.45, 2.75) is 38.3 Å². The van der Waals surface area contributed by atoms with Crippen LogP contribution in [-0.4, -0.2) is 17.6 Å². The van der Waals surface area contributed by atoms with Crippen LogP contribution in [0.2, 0.25) is 0 Å². The van der Waals surface area contributed by atoms with Gasteiger partial charge in [-0.05, 0) is 49.6 Å². The molecular weight excluding hydrogens is 246 g/mol. The van der Waals surface area contributed by atoms with Gasteiger partial charge in [-0.3, -0.25) is 4.98 Å². The minimum absolute atomic E-state index is 0.436. The maximum absolute atomic E-state index is 5.95. The first-order chi connectivity index (χ1) is 9.83. The third kappa shape index (κ3) is 3.17. The van der Waals surface area contributed by atoms with Crippen LogP contribution in [-0.2, 0) is 6.54 Å². The van der Waals surface area contributed by atoms with Crippen LogP contribution >= 0.6 is 0 Å². The van der Waals surface area contributed by atoms with E-state index in [1.807, 2.05) is 6.20 Å². The van der Waals surface area contributed by atoms with Crippen LogP contribution in [0.4, 0.5) is 0 Å². The second-order valence-corrected chi connectivity index (χ2v) is 5.89. The molecule has 1 heterocycles. The molecule has 106 valence electrons. The van der Waals surface area contributed by atoms with E-state index in [9.17, 15) is 0 Å². The molecule has 2 aromatic rings. The Morgan fingerprint density at radius 3 is 2.75 bits per heavy atom. The summed E-state index contributed by atoms with van der Waals surface area (Å²) >= 11 is 0. The van der Waals surface area contributed by atoms with Gasteiger partial charge in [0.15, 0.2) is 0 Å². The van der Waals surface area contributed by atoms with Crippen molar-refractivity contribution in [1.82, 2.24) is 10.3 Å². The number of fused-ring (bicyclic) bond motifs is 1. The summed E-state index contributed by atoms with van der Waals surface area (Å²) in [5, 5.41) is 6.10. The van der Waals surface area contributed by atoms with Crippen molar-refractivity contribution >= 4 is 10.8 Å². The zero-order valence-electron chi connectivity index (χ0n) is 11.9. The van der Waals surface area contributed by atoms with Gasteiger partial charge in [0.2, 0.25) is 0 Å². The Bertz CT molecular complexity index is 554. The van der Waals surface area contributed by atoms with Gasteiger partial charge in [-0.25, -0.2) is 0 Å². The van der Waals surface area contributed by atoms with E-state index in [4.69, 9.17) is 5.73 Å². The van der Waals surface area contributed by atoms with Crippen molar-refractivity contribution in [3.8, 4) is 0 Å². The molecule has 0 radical (unpaired) electrons. The number of nitrogens with zero attached hydrogens (tertiary/aromatic N) is 1. The summed E-state index contributed by atoms with van der Waals surface area (Å²) in [5.41, 5.74) is 7.10. The number of hydrogen-bond acceptors (Lipinski definition) is 3. The number of pyridine rings is 1. The molecule has 3 nitrogen and oxygen atoms in total. The van der Waals surface area contributed by atoms with E-state index in [0.717, 1.165) is 24.7 Å². The topological polar surface area (TPSA) is 50.9 Å². The lowest BCUT2D eigenvalue weighted by atomic mass is 9.86. The average molecular weight is 269 g/mol. The Hall–Kier alpha value is -1.45. The molecule has 3 heteroatoms. The Labute approximate surface area is 120 Å². The van der Waals surface area contributed by atoms with Gasteiger partial charge in [-0.2, -0.15) is 0 Å². The Balaban J connectivity index is 1.57. The van der Waals surface area contributed by atoms with Crippen molar-refractivity contribution in [1.29, 1.82) is 0 Å². The first-order valence-corrected chi connectivity index (χ1v) is 7.62. The van der Waals surface area contributed by atoms with Gasteiger partial charge in [0.1, 0.15) is 0 Å². The molecule has 1 aromatic carbocycles. The average Bonchev–Trinajstić information content (AvgIpc) is 2.49. The second kappa shape index (κ2) is 6.33. The van der Waals surface area contributed by atoms with Gasteiger partial charge in [-0.15, -0.1) is 0 Å². The SMILES string of the molecule is NC1CCC(CNCc2nccc3ccccc23)CC1. The summed E-state index contributed by atoms with van der Waals surface area (Å²) in [4.78, 5) is 4.52. The lowest BCUT2D eigenvalue weighted by Crippen LogP contribution is -2.31. The maximum atomic E-state index is 5.95. The highest BCUT2D eigenvalue weighted by atomic mass is 14.9. The minimum Gasteiger partial charge on any atom is -0.328 e. The fourth-order valence-electron chi connectivity index (χ4n) is 3.11. The molecule has 1 aromatic heterocycles. The summed E-state index contributed by atoms with van der Waals surface area (Å²) in [6.45, 7) is 1.93. The highest BCUT2D eigenvalue weighted by molar-refractivity contribution is 5.84. The third-order valence-corrected chi connectivity index (χ3v) is 4.37. The molecule has 1 fully saturated rings. The van der Waals surface area contributed by atoms with Crippen LogP contribution in [0, 0.1) is 5.92 Å². The second-order valence-electron chi connectivity index (χ2n) is 5.89. The van der Waals surface area contributed by atoms with Crippen molar-refractivity contribution < 1.29 is 0 Å². The molecule has 20 heavy (non-hydrogen) atoms. The van der Waals surface area contributed by atoms with E-state index in [0.29, 0.717) is 6.04 Å². The largest absolute Gasteiger partial charge is 0.328 e. The summed E-state index contributed by atoms with van der Waals surface area (Å²) in [6.07, 6.45) is 6.78. The van der Waals surface area contributed by atoms with E-state index >= 15 is 0 Å². The number of aromatic nitrogens is 1. The predicted octanol–water partition coefficient (Wildman–Crippen LogP) is 2.84. The molecule has 0 atom stereocenters. The maximum Gasteiger partial charge on any atom is 0.0619 e. The third-order valence-electron chi connectivity index (χ3n) is 4.37. The molecule has 1 saturated carbocycles. The molecule has 1 aliphatic rings. The van der Waals surface area contributed by atoms with Gasteiger partial charge < -0.3 is 11.1 Å². The number of benzene rings is 1. The number of rotatable bonds is 4. The molecule has 0 unspecified atom stereocenters. The van der Waals surface area contributed by atoms with E-state index in [1.54, 1.807) is 0 Å². The molecule has 3 N–H and O–H groups in total. The normalized spacial score (nSPS) is 23.1. The van der Waals surface area contributed by atoms with E-state index in [-0.39, 0.29) is 0 Å². The molecule has 0 spiro atoms. The van der Waals surface area contributed by atoms with Crippen LogP contribution in [0.25, 0.3) is 10.8 Å². The van der Waals surface area contributed by atoms with E-state index in [1.165, 1.54) is 36.5 Å². The molecule has 3 rings (SSSR count). The molecule has 0 saturated heterocycles. The summed E-state index contributed by atoms with van der Waals surface area (Å²) in [6, 6.07) is 11.0. The first kappa shape index (κ1) is 13.5. The van der Waals surface area contributed by atoms with Gasteiger partial charge >= 0.3 is 0 Å². The quantitative estimate of drug-likeness (QED) is 0.897. The smallest absolute Gasteiger partial charge is 0.0619 e. The number of nitrogens with two attached hydrogens (primary N) is 1. The minimum atomic E-state index is 0.436. The monoisotopic (exact) mass is 269 g/mol. The highest BCUT2D eigenvalue weighted by Crippen LogP contribution is 2.22. The standard InChI is InChI=1S/C17H23N3/c18-15-7-5-13(6-8-15)11-19-12-17-16-4-2-1-3-14(16)9-10-20-17/h1-4,9-10,13,15,19H,5-8,11-12,18H2. The van der Waals surface area contributed by atoms with Crippen LogP contribution in [0.3, 0.4) is 0 Å². The fourth-order valence-corrected chi connectivity index (χ4v) is 3.11. The number of nitrogens with one attached hydrogen (secondary N) is 1. The summed E-state index contributed by atoms with van der Waals surface area (Å²) in [5.74, 6) is 0.782. The Morgan fingerprint density at radius 2 is 1.90 bits per heavy atom. The zero-order chi connectivity index (χ0) is 13.8. The van der Waals surface area contributed by atoms with Crippen LogP contribution in [0.1, 0.15) is 31.4 Å². The lowest BCUT2D eigenvalue weighted by molar-refractivity contribution is 0.314. The fraction of sp³-hybridized carbons (Fsp3) is 0.471. The summed E-state index contributed by atoms with van der Waals surface area (Å²) in [7, 11) is 0. The summed E-state index contributed by atoms with van der Waals surface area (Å²) < 4.78 is 0. The first-order valence-electron chi connectivity index (χ1n) is 7.62. The van der Waals surface area contributed by atoms with Crippen molar-refractivity contribution in [2.24, 2.45) is 11.7 Å². The van der Waals surface area contributed by atoms with Crippen LogP contribution in [0.5, 0.6) is 0 Å². The Kier molecular flexibility index (Phi) is 4.28. The highest BCUT2D eigenvalue weighted by Gasteiger charge is 2.17. The van der Waals surface area contributed by atoms with Crippen molar-refractivity contribution in [3.05, 3.63) is 42.2 Å². The van der Waals surface area contributed by atoms with Gasteiger partial charge in [0.25, 0.3) is 0 Å². The van der Waals surface area contributed by atoms with Crippen LogP contribution < -0.4 is 11.1 Å². The van der Waals surface area contributed by atoms with Crippen LogP contribution in [0.15, 0.2) is 36.5 Å². The van der Waals surface area contributed by atoms with Gasteiger partial charge in [0.05, 0.1) is 5.69 Å². The van der Waals surface area contributed by atoms with Gasteiger partial charge in [-0.1, -0.05) is 24.3 Å². The molecule has 0 aliphatic heterocycles. The molecule has 0 bridgehead atoms. The molecule has 0 amide bonds. The van der Waals surface area contributed by atoms with Gasteiger partial charge in [0, 0.05) is 24.2 Å². The molecule has 1 aliphatic carbocycles. The zero-order valence-corrected chi connectivity index (χ0v) is 11.9. The number of hydrogen-bond donors (Lipinski definition) is 2. The van der Waals surface area contributed by atoms with E-state index in [2.05, 4.69) is 40.6 Å². The lowest BCUT2D eigenvalue weighted by Gasteiger charge is -2.26. The Morgan fingerprint density at radius 1 is 1.10 bits per heavy atom. The molecular formula is C17H23N3.